The molecule has 1 fully saturated rings. The molecule has 1 heterocycles. The lowest BCUT2D eigenvalue weighted by Gasteiger charge is -2.33. The Morgan fingerprint density at radius 2 is 1.61 bits per heavy atom. The van der Waals surface area contributed by atoms with Crippen molar-refractivity contribution in [3.8, 4) is 5.75 Å². The van der Waals surface area contributed by atoms with Gasteiger partial charge in [0.05, 0.1) is 16.1 Å². The van der Waals surface area contributed by atoms with Crippen LogP contribution in [0.1, 0.15) is 37.0 Å². The molecule has 0 aromatic heterocycles. The van der Waals surface area contributed by atoms with E-state index in [0.29, 0.717) is 33.7 Å². The van der Waals surface area contributed by atoms with Crippen molar-refractivity contribution in [3.05, 3.63) is 52.0 Å². The zero-order valence-electron chi connectivity index (χ0n) is 20.1. The number of aliphatic hydroxyl groups is 1. The molecule has 1 aliphatic heterocycles. The number of anilines is 2. The molecule has 3 rings (SSSR count). The van der Waals surface area contributed by atoms with Gasteiger partial charge in [-0.1, -0.05) is 23.2 Å². The molecule has 1 atom stereocenters. The van der Waals surface area contributed by atoms with Gasteiger partial charge in [0.25, 0.3) is 5.91 Å². The van der Waals surface area contributed by atoms with Gasteiger partial charge in [-0.3, -0.25) is 14.4 Å². The van der Waals surface area contributed by atoms with E-state index in [4.69, 9.17) is 27.9 Å². The van der Waals surface area contributed by atoms with Crippen LogP contribution < -0.4 is 20.7 Å². The van der Waals surface area contributed by atoms with Crippen LogP contribution >= 0.6 is 23.2 Å². The molecular weight excluding hydrogens is 507 g/mol. The Balaban J connectivity index is 1.47. The molecule has 0 radical (unpaired) electrons. The molecule has 4 N–H and O–H groups in total. The number of ether oxygens (including phenoxy) is 1. The van der Waals surface area contributed by atoms with Gasteiger partial charge in [-0.05, 0) is 43.2 Å². The van der Waals surface area contributed by atoms with Crippen molar-refractivity contribution in [2.75, 3.05) is 36.8 Å². The van der Waals surface area contributed by atoms with E-state index in [0.717, 1.165) is 25.9 Å². The number of benzene rings is 2. The van der Waals surface area contributed by atoms with E-state index in [9.17, 15) is 19.5 Å². The lowest BCUT2D eigenvalue weighted by atomic mass is 10.1. The number of β-amino-alcohol motifs (C(OH)–C–C–N with tert-alkyl or cyclic N) is 1. The number of likely N-dealkylation sites (tertiary alicyclic amines) is 1. The summed E-state index contributed by atoms with van der Waals surface area (Å²) in [7, 11) is 0. The number of nitrogens with one attached hydrogen (secondary N) is 3. The molecule has 1 saturated heterocycles. The highest BCUT2D eigenvalue weighted by atomic mass is 35.5. The number of halogens is 2. The Morgan fingerprint density at radius 3 is 2.17 bits per heavy atom. The zero-order chi connectivity index (χ0) is 26.2. The van der Waals surface area contributed by atoms with Crippen LogP contribution in [0.5, 0.6) is 5.75 Å². The van der Waals surface area contributed by atoms with Gasteiger partial charge in [-0.25, -0.2) is 0 Å². The van der Waals surface area contributed by atoms with E-state index in [1.54, 1.807) is 24.3 Å². The third kappa shape index (κ3) is 8.67. The summed E-state index contributed by atoms with van der Waals surface area (Å²) in [6.07, 6.45) is 0.862. The van der Waals surface area contributed by atoms with Crippen molar-refractivity contribution in [2.45, 2.75) is 38.9 Å². The van der Waals surface area contributed by atoms with Crippen molar-refractivity contribution < 1.29 is 24.2 Å². The minimum Gasteiger partial charge on any atom is -0.490 e. The molecule has 36 heavy (non-hydrogen) atoms. The second-order valence-electron chi connectivity index (χ2n) is 8.72. The second-order valence-corrected chi connectivity index (χ2v) is 9.53. The third-order valence-electron chi connectivity index (χ3n) is 5.53. The first-order valence-corrected chi connectivity index (χ1v) is 12.3. The van der Waals surface area contributed by atoms with Gasteiger partial charge in [0.15, 0.2) is 0 Å². The maximum Gasteiger partial charge on any atom is 0.251 e. The maximum absolute atomic E-state index is 12.7. The maximum atomic E-state index is 12.7. The summed E-state index contributed by atoms with van der Waals surface area (Å²) in [6, 6.07) is 9.77. The number of carbonyl (C=O) groups excluding carboxylic acids is 3. The van der Waals surface area contributed by atoms with E-state index in [1.807, 2.05) is 0 Å². The van der Waals surface area contributed by atoms with E-state index in [-0.39, 0.29) is 30.0 Å². The number of rotatable bonds is 9. The highest BCUT2D eigenvalue weighted by Crippen LogP contribution is 2.28. The van der Waals surface area contributed by atoms with Crippen LogP contribution in [0.15, 0.2) is 36.4 Å². The summed E-state index contributed by atoms with van der Waals surface area (Å²) in [4.78, 5) is 37.6. The lowest BCUT2D eigenvalue weighted by molar-refractivity contribution is -0.115. The molecule has 0 saturated carbocycles. The van der Waals surface area contributed by atoms with E-state index in [2.05, 4.69) is 20.9 Å². The number of carbonyl (C=O) groups is 3. The standard InChI is InChI=1S/C25H30Cl2N4O5/c1-15(32)29-18-9-17(10-19(11-18)30-16(2)33)25(35)28-13-20(34)14-31-7-5-21(6-8-31)36-22-3-4-23(26)24(27)12-22/h3-4,9-12,20-21,34H,5-8,13-14H2,1-2H3,(H,28,35)(H,29,32)(H,30,33)/t20-/m1/s1. The number of aliphatic hydroxyl groups excluding tert-OH is 1. The van der Waals surface area contributed by atoms with Gasteiger partial charge in [0.1, 0.15) is 11.9 Å². The average molecular weight is 537 g/mol. The fraction of sp³-hybridized carbons (Fsp3) is 0.400. The molecular formula is C25H30Cl2N4O5. The Kier molecular flexibility index (Phi) is 9.95. The number of amides is 3. The molecule has 0 spiro atoms. The van der Waals surface area contributed by atoms with Crippen LogP contribution in [0.2, 0.25) is 10.0 Å². The molecule has 3 amide bonds. The quantitative estimate of drug-likeness (QED) is 0.389. The second kappa shape index (κ2) is 12.9. The molecule has 11 heteroatoms. The summed E-state index contributed by atoms with van der Waals surface area (Å²) in [5.74, 6) is -0.359. The summed E-state index contributed by atoms with van der Waals surface area (Å²) in [6.45, 7) is 4.65. The van der Waals surface area contributed by atoms with Crippen LogP contribution in [0, 0.1) is 0 Å². The lowest BCUT2D eigenvalue weighted by Crippen LogP contribution is -2.45. The molecule has 0 unspecified atom stereocenters. The zero-order valence-corrected chi connectivity index (χ0v) is 21.7. The SMILES string of the molecule is CC(=O)Nc1cc(NC(C)=O)cc(C(=O)NC[C@@H](O)CN2CCC(Oc3ccc(Cl)c(Cl)c3)CC2)c1. The van der Waals surface area contributed by atoms with Crippen molar-refractivity contribution in [1.29, 1.82) is 0 Å². The number of nitrogens with zero attached hydrogens (tertiary/aromatic N) is 1. The van der Waals surface area contributed by atoms with Crippen LogP contribution in [-0.2, 0) is 9.59 Å². The molecule has 0 bridgehead atoms. The predicted octanol–water partition coefficient (Wildman–Crippen LogP) is 3.54. The Morgan fingerprint density at radius 1 is 1.00 bits per heavy atom. The molecule has 0 aliphatic carbocycles. The summed E-state index contributed by atoms with van der Waals surface area (Å²) < 4.78 is 6.00. The summed E-state index contributed by atoms with van der Waals surface area (Å²) in [5.41, 5.74) is 1.01. The monoisotopic (exact) mass is 536 g/mol. The topological polar surface area (TPSA) is 120 Å². The van der Waals surface area contributed by atoms with Gasteiger partial charge in [0.2, 0.25) is 11.8 Å². The molecule has 2 aromatic rings. The largest absolute Gasteiger partial charge is 0.490 e. The number of hydrogen-bond acceptors (Lipinski definition) is 6. The highest BCUT2D eigenvalue weighted by molar-refractivity contribution is 6.42. The minimum atomic E-state index is -0.769. The Labute approximate surface area is 220 Å². The van der Waals surface area contributed by atoms with Crippen LogP contribution in [-0.4, -0.2) is 66.1 Å². The first-order valence-electron chi connectivity index (χ1n) is 11.6. The van der Waals surface area contributed by atoms with E-state index in [1.165, 1.54) is 26.0 Å². The van der Waals surface area contributed by atoms with Gasteiger partial charge in [-0.15, -0.1) is 0 Å². The smallest absolute Gasteiger partial charge is 0.251 e. The average Bonchev–Trinajstić information content (AvgIpc) is 2.80. The van der Waals surface area contributed by atoms with Crippen molar-refractivity contribution in [2.24, 2.45) is 0 Å². The van der Waals surface area contributed by atoms with E-state index >= 15 is 0 Å². The minimum absolute atomic E-state index is 0.0454. The van der Waals surface area contributed by atoms with Crippen molar-refractivity contribution in [1.82, 2.24) is 10.2 Å². The number of piperidine rings is 1. The molecule has 9 nitrogen and oxygen atoms in total. The summed E-state index contributed by atoms with van der Waals surface area (Å²) >= 11 is 12.0. The van der Waals surface area contributed by atoms with E-state index < -0.39 is 12.0 Å². The van der Waals surface area contributed by atoms with Gasteiger partial charge in [0, 0.05) is 63.0 Å². The van der Waals surface area contributed by atoms with Gasteiger partial charge in [-0.2, -0.15) is 0 Å². The normalized spacial score (nSPS) is 15.1. The molecule has 194 valence electrons. The van der Waals surface area contributed by atoms with Gasteiger partial charge >= 0.3 is 0 Å². The predicted molar refractivity (Wildman–Crippen MR) is 140 cm³/mol. The fourth-order valence-electron chi connectivity index (χ4n) is 3.94. The van der Waals surface area contributed by atoms with Crippen molar-refractivity contribution >= 4 is 52.3 Å². The van der Waals surface area contributed by atoms with Crippen LogP contribution in [0.25, 0.3) is 0 Å². The van der Waals surface area contributed by atoms with Crippen molar-refractivity contribution in [3.63, 3.8) is 0 Å². The van der Waals surface area contributed by atoms with Crippen LogP contribution in [0.3, 0.4) is 0 Å². The molecule has 1 aliphatic rings. The van der Waals surface area contributed by atoms with Crippen LogP contribution in [0.4, 0.5) is 11.4 Å². The Hall–Kier alpha value is -2.85. The Bertz CT molecular complexity index is 1070. The first kappa shape index (κ1) is 27.7. The fourth-order valence-corrected chi connectivity index (χ4v) is 4.23. The highest BCUT2D eigenvalue weighted by Gasteiger charge is 2.23. The third-order valence-corrected chi connectivity index (χ3v) is 6.27. The molecule has 2 aromatic carbocycles. The van der Waals surface area contributed by atoms with Gasteiger partial charge < -0.3 is 30.7 Å². The summed E-state index contributed by atoms with van der Waals surface area (Å²) in [5, 5.41) is 19.3. The number of hydrogen-bond donors (Lipinski definition) is 4. The first-order chi connectivity index (χ1) is 17.1.